The summed E-state index contributed by atoms with van der Waals surface area (Å²) in [5, 5.41) is 0. The van der Waals surface area contributed by atoms with Gasteiger partial charge < -0.3 is 9.30 Å². The number of amides is 1. The number of carbonyl (C=O) groups is 1. The van der Waals surface area contributed by atoms with Gasteiger partial charge in [0.2, 0.25) is 0 Å². The van der Waals surface area contributed by atoms with Crippen molar-refractivity contribution in [1.82, 2.24) is 4.57 Å². The van der Waals surface area contributed by atoms with Crippen LogP contribution in [0.3, 0.4) is 0 Å². The maximum absolute atomic E-state index is 12.5. The fraction of sp³-hybridized carbons (Fsp3) is 0.300. The molecule has 3 rings (SSSR count). The fourth-order valence-electron chi connectivity index (χ4n) is 2.85. The topological polar surface area (TPSA) is 77.7 Å². The molecule has 0 fully saturated rings. The van der Waals surface area contributed by atoms with Crippen LogP contribution in [0.15, 0.2) is 58.0 Å². The number of thiazole rings is 1. The SMILES string of the molecule is CCOCCn1c(=NC(=O)CS(=O)(=O)Cc2ccccc2)sc2cc(Br)ccc21. The molecular weight excluding hydrogens is 476 g/mol. The number of hydrogen-bond donors (Lipinski definition) is 0. The number of fused-ring (bicyclic) bond motifs is 1. The molecule has 0 unspecified atom stereocenters. The molecule has 0 aliphatic carbocycles. The minimum atomic E-state index is -3.60. The van der Waals surface area contributed by atoms with Crippen molar-refractivity contribution in [3.8, 4) is 0 Å². The van der Waals surface area contributed by atoms with Gasteiger partial charge in [0.05, 0.1) is 22.6 Å². The first-order valence-electron chi connectivity index (χ1n) is 9.06. The van der Waals surface area contributed by atoms with Gasteiger partial charge in [-0.2, -0.15) is 4.99 Å². The van der Waals surface area contributed by atoms with Gasteiger partial charge in [-0.3, -0.25) is 4.79 Å². The van der Waals surface area contributed by atoms with E-state index in [2.05, 4.69) is 20.9 Å². The molecule has 0 N–H and O–H groups in total. The van der Waals surface area contributed by atoms with E-state index in [-0.39, 0.29) is 5.75 Å². The molecule has 2 aromatic carbocycles. The van der Waals surface area contributed by atoms with E-state index in [0.29, 0.717) is 30.1 Å². The van der Waals surface area contributed by atoms with Gasteiger partial charge in [-0.15, -0.1) is 0 Å². The first-order valence-corrected chi connectivity index (χ1v) is 12.5. The average Bonchev–Trinajstić information content (AvgIpc) is 2.97. The molecule has 29 heavy (non-hydrogen) atoms. The Kier molecular flexibility index (Phi) is 7.39. The van der Waals surface area contributed by atoms with Crippen molar-refractivity contribution in [1.29, 1.82) is 0 Å². The average molecular weight is 497 g/mol. The highest BCUT2D eigenvalue weighted by molar-refractivity contribution is 9.10. The number of ether oxygens (including phenoxy) is 1. The highest BCUT2D eigenvalue weighted by atomic mass is 79.9. The van der Waals surface area contributed by atoms with E-state index in [4.69, 9.17) is 4.74 Å². The zero-order valence-electron chi connectivity index (χ0n) is 15.9. The number of rotatable bonds is 8. The molecule has 3 aromatic rings. The Balaban J connectivity index is 1.87. The Bertz CT molecular complexity index is 1170. The van der Waals surface area contributed by atoms with Crippen molar-refractivity contribution in [3.05, 3.63) is 63.4 Å². The van der Waals surface area contributed by atoms with E-state index in [9.17, 15) is 13.2 Å². The third kappa shape index (κ3) is 6.08. The molecule has 1 amide bonds. The quantitative estimate of drug-likeness (QED) is 0.446. The van der Waals surface area contributed by atoms with Crippen molar-refractivity contribution in [2.75, 3.05) is 19.0 Å². The second-order valence-corrected chi connectivity index (χ2v) is 10.4. The van der Waals surface area contributed by atoms with E-state index < -0.39 is 21.5 Å². The lowest BCUT2D eigenvalue weighted by Crippen LogP contribution is -2.23. The maximum atomic E-state index is 12.5. The van der Waals surface area contributed by atoms with Crippen LogP contribution in [0, 0.1) is 0 Å². The summed E-state index contributed by atoms with van der Waals surface area (Å²) in [7, 11) is -3.60. The van der Waals surface area contributed by atoms with Crippen LogP contribution in [0.25, 0.3) is 10.2 Å². The summed E-state index contributed by atoms with van der Waals surface area (Å²) >= 11 is 4.80. The van der Waals surface area contributed by atoms with Crippen LogP contribution in [0.2, 0.25) is 0 Å². The van der Waals surface area contributed by atoms with Gasteiger partial charge >= 0.3 is 0 Å². The van der Waals surface area contributed by atoms with Gasteiger partial charge in [0.25, 0.3) is 5.91 Å². The normalized spacial score (nSPS) is 12.6. The smallest absolute Gasteiger partial charge is 0.263 e. The van der Waals surface area contributed by atoms with E-state index in [1.807, 2.05) is 35.8 Å². The number of aromatic nitrogens is 1. The molecule has 1 aromatic heterocycles. The molecule has 154 valence electrons. The predicted molar refractivity (Wildman–Crippen MR) is 119 cm³/mol. The van der Waals surface area contributed by atoms with Crippen LogP contribution in [-0.4, -0.2) is 37.9 Å². The van der Waals surface area contributed by atoms with Crippen molar-refractivity contribution >= 4 is 53.2 Å². The van der Waals surface area contributed by atoms with Gasteiger partial charge in [0.1, 0.15) is 5.75 Å². The van der Waals surface area contributed by atoms with Crippen LogP contribution >= 0.6 is 27.3 Å². The molecule has 0 aliphatic rings. The number of benzene rings is 2. The number of sulfone groups is 1. The number of halogens is 1. The molecule has 0 aliphatic heterocycles. The highest BCUT2D eigenvalue weighted by Gasteiger charge is 2.18. The minimum absolute atomic E-state index is 0.182. The number of carbonyl (C=O) groups excluding carboxylic acids is 1. The van der Waals surface area contributed by atoms with Crippen LogP contribution < -0.4 is 4.80 Å². The highest BCUT2D eigenvalue weighted by Crippen LogP contribution is 2.22. The molecule has 6 nitrogen and oxygen atoms in total. The van der Waals surface area contributed by atoms with Crippen molar-refractivity contribution < 1.29 is 17.9 Å². The summed E-state index contributed by atoms with van der Waals surface area (Å²) in [5.74, 6) is -1.47. The Morgan fingerprint density at radius 2 is 1.97 bits per heavy atom. The third-order valence-corrected chi connectivity index (χ3v) is 7.10. The molecule has 0 radical (unpaired) electrons. The van der Waals surface area contributed by atoms with Crippen LogP contribution in [0.4, 0.5) is 0 Å². The second kappa shape index (κ2) is 9.80. The first kappa shape index (κ1) is 21.9. The summed E-state index contributed by atoms with van der Waals surface area (Å²) in [5.41, 5.74) is 1.58. The van der Waals surface area contributed by atoms with Crippen molar-refractivity contribution in [3.63, 3.8) is 0 Å². The van der Waals surface area contributed by atoms with Gasteiger partial charge in [0.15, 0.2) is 14.6 Å². The van der Waals surface area contributed by atoms with Gasteiger partial charge in [-0.25, -0.2) is 8.42 Å². The molecule has 0 saturated heterocycles. The first-order chi connectivity index (χ1) is 13.9. The molecule has 0 bridgehead atoms. The largest absolute Gasteiger partial charge is 0.380 e. The zero-order valence-corrected chi connectivity index (χ0v) is 19.1. The fourth-order valence-corrected chi connectivity index (χ4v) is 5.72. The Morgan fingerprint density at radius 3 is 2.69 bits per heavy atom. The zero-order chi connectivity index (χ0) is 20.9. The van der Waals surface area contributed by atoms with E-state index >= 15 is 0 Å². The number of hydrogen-bond acceptors (Lipinski definition) is 5. The predicted octanol–water partition coefficient (Wildman–Crippen LogP) is 3.54. The molecule has 0 spiro atoms. The molecule has 0 saturated carbocycles. The van der Waals surface area contributed by atoms with E-state index in [0.717, 1.165) is 14.7 Å². The van der Waals surface area contributed by atoms with Gasteiger partial charge in [-0.05, 0) is 30.7 Å². The lowest BCUT2D eigenvalue weighted by Gasteiger charge is -2.05. The summed E-state index contributed by atoms with van der Waals surface area (Å²) in [6.45, 7) is 3.52. The van der Waals surface area contributed by atoms with Crippen LogP contribution in [0.5, 0.6) is 0 Å². The summed E-state index contributed by atoms with van der Waals surface area (Å²) < 4.78 is 34.0. The number of nitrogens with zero attached hydrogens (tertiary/aromatic N) is 2. The van der Waals surface area contributed by atoms with E-state index in [1.54, 1.807) is 24.3 Å². The Morgan fingerprint density at radius 1 is 1.21 bits per heavy atom. The van der Waals surface area contributed by atoms with Crippen LogP contribution in [-0.2, 0) is 31.7 Å². The Hall–Kier alpha value is -1.81. The summed E-state index contributed by atoms with van der Waals surface area (Å²) in [4.78, 5) is 17.0. The monoisotopic (exact) mass is 496 g/mol. The molecular formula is C20H21BrN2O4S2. The van der Waals surface area contributed by atoms with Crippen LogP contribution in [0.1, 0.15) is 12.5 Å². The standard InChI is InChI=1S/C20H21BrN2O4S2/c1-2-27-11-10-23-17-9-8-16(21)12-18(17)28-20(23)22-19(24)14-29(25,26)13-15-6-4-3-5-7-15/h3-9,12H,2,10-11,13-14H2,1H3. The third-order valence-electron chi connectivity index (χ3n) is 4.10. The van der Waals surface area contributed by atoms with Crippen molar-refractivity contribution in [2.24, 2.45) is 4.99 Å². The maximum Gasteiger partial charge on any atom is 0.263 e. The lowest BCUT2D eigenvalue weighted by molar-refractivity contribution is -0.115. The lowest BCUT2D eigenvalue weighted by atomic mass is 10.2. The molecule has 1 heterocycles. The van der Waals surface area contributed by atoms with Gasteiger partial charge in [0, 0.05) is 17.6 Å². The van der Waals surface area contributed by atoms with Crippen molar-refractivity contribution in [2.45, 2.75) is 19.2 Å². The minimum Gasteiger partial charge on any atom is -0.380 e. The molecule has 0 atom stereocenters. The summed E-state index contributed by atoms with van der Waals surface area (Å²) in [6.07, 6.45) is 0. The van der Waals surface area contributed by atoms with E-state index in [1.165, 1.54) is 11.3 Å². The summed E-state index contributed by atoms with van der Waals surface area (Å²) in [6, 6.07) is 14.6. The second-order valence-electron chi connectivity index (χ2n) is 6.37. The van der Waals surface area contributed by atoms with Gasteiger partial charge in [-0.1, -0.05) is 57.6 Å². The molecule has 9 heteroatoms. The Labute approximate surface area is 181 Å².